The molecule has 0 saturated heterocycles. The molecule has 1 aliphatic heterocycles. The van der Waals surface area contributed by atoms with Crippen LogP contribution in [-0.2, 0) is 9.63 Å². The molecular formula is C13H14N2O3. The Morgan fingerprint density at radius 3 is 2.56 bits per heavy atom. The van der Waals surface area contributed by atoms with Gasteiger partial charge in [0.1, 0.15) is 6.54 Å². The van der Waals surface area contributed by atoms with Crippen LogP contribution in [0.2, 0.25) is 0 Å². The van der Waals surface area contributed by atoms with E-state index in [-0.39, 0.29) is 18.4 Å². The predicted molar refractivity (Wildman–Crippen MR) is 66.3 cm³/mol. The van der Waals surface area contributed by atoms with Gasteiger partial charge in [-0.2, -0.15) is 0 Å². The molecule has 18 heavy (non-hydrogen) atoms. The quantitative estimate of drug-likeness (QED) is 0.751. The highest BCUT2D eigenvalue weighted by atomic mass is 16.7. The Morgan fingerprint density at radius 1 is 1.39 bits per heavy atom. The normalized spacial score (nSPS) is 13.8. The highest BCUT2D eigenvalue weighted by Gasteiger charge is 2.32. The zero-order valence-electron chi connectivity index (χ0n) is 10.3. The lowest BCUT2D eigenvalue weighted by Gasteiger charge is -2.20. The highest BCUT2D eigenvalue weighted by Crippen LogP contribution is 2.30. The summed E-state index contributed by atoms with van der Waals surface area (Å²) in [6.07, 6.45) is 0. The second kappa shape index (κ2) is 4.62. The lowest BCUT2D eigenvalue weighted by atomic mass is 10.1. The summed E-state index contributed by atoms with van der Waals surface area (Å²) < 4.78 is 0. The Bertz CT molecular complexity index is 490. The van der Waals surface area contributed by atoms with E-state index in [1.165, 1.54) is 19.1 Å². The van der Waals surface area contributed by atoms with E-state index in [4.69, 9.17) is 4.84 Å². The number of hydrogen-bond acceptors (Lipinski definition) is 3. The van der Waals surface area contributed by atoms with Crippen LogP contribution < -0.4 is 0 Å². The summed E-state index contributed by atoms with van der Waals surface area (Å²) in [7, 11) is 2.89. The van der Waals surface area contributed by atoms with Crippen LogP contribution in [0.4, 0.5) is 0 Å². The highest BCUT2D eigenvalue weighted by molar-refractivity contribution is 6.10. The minimum absolute atomic E-state index is 0.0727. The van der Waals surface area contributed by atoms with Crippen molar-refractivity contribution >= 4 is 17.5 Å². The molecule has 0 N–H and O–H groups in total. The number of hydrogen-bond donors (Lipinski definition) is 0. The average molecular weight is 246 g/mol. The van der Waals surface area contributed by atoms with E-state index in [9.17, 15) is 9.59 Å². The molecule has 5 nitrogen and oxygen atoms in total. The summed E-state index contributed by atoms with van der Waals surface area (Å²) in [5.74, 6) is -0.506. The van der Waals surface area contributed by atoms with Gasteiger partial charge >= 0.3 is 0 Å². The van der Waals surface area contributed by atoms with Crippen molar-refractivity contribution in [1.82, 2.24) is 9.96 Å². The van der Waals surface area contributed by atoms with Gasteiger partial charge in [-0.15, -0.1) is 0 Å². The third-order valence-corrected chi connectivity index (χ3v) is 2.96. The standard InChI is InChI=1S/C13H14N2O3/c1-9-10-6-4-5-7-11(10)13(17)15(9)8-12(16)14(2)18-3/h4-7H,1,8H2,2-3H3. The number of carbonyl (C=O) groups excluding carboxylic acids is 2. The molecule has 1 aliphatic rings. The van der Waals surface area contributed by atoms with Crippen molar-refractivity contribution in [3.63, 3.8) is 0 Å². The largest absolute Gasteiger partial charge is 0.299 e. The Hall–Kier alpha value is -2.14. The summed E-state index contributed by atoms with van der Waals surface area (Å²) in [6.45, 7) is 3.79. The third-order valence-electron chi connectivity index (χ3n) is 2.96. The fraction of sp³-hybridized carbons (Fsp3) is 0.231. The molecule has 0 aliphatic carbocycles. The number of nitrogens with zero attached hydrogens (tertiary/aromatic N) is 2. The minimum Gasteiger partial charge on any atom is -0.299 e. The summed E-state index contributed by atoms with van der Waals surface area (Å²) in [4.78, 5) is 30.0. The first-order chi connectivity index (χ1) is 8.56. The monoisotopic (exact) mass is 246 g/mol. The smallest absolute Gasteiger partial charge is 0.265 e. The summed E-state index contributed by atoms with van der Waals surface area (Å²) in [5, 5.41) is 1.09. The summed E-state index contributed by atoms with van der Waals surface area (Å²) in [5.41, 5.74) is 1.90. The van der Waals surface area contributed by atoms with Gasteiger partial charge in [-0.3, -0.25) is 19.3 Å². The van der Waals surface area contributed by atoms with Crippen molar-refractivity contribution in [2.45, 2.75) is 0 Å². The Labute approximate surface area is 105 Å². The molecule has 0 bridgehead atoms. The second-order valence-electron chi connectivity index (χ2n) is 3.96. The van der Waals surface area contributed by atoms with Gasteiger partial charge in [-0.1, -0.05) is 24.8 Å². The molecule has 1 aromatic rings. The third kappa shape index (κ3) is 1.89. The van der Waals surface area contributed by atoms with E-state index in [0.29, 0.717) is 11.3 Å². The van der Waals surface area contributed by atoms with E-state index >= 15 is 0 Å². The van der Waals surface area contributed by atoms with Crippen LogP contribution >= 0.6 is 0 Å². The maximum absolute atomic E-state index is 12.1. The predicted octanol–water partition coefficient (Wildman–Crippen LogP) is 1.13. The average Bonchev–Trinajstić information content (AvgIpc) is 2.63. The first-order valence-corrected chi connectivity index (χ1v) is 5.47. The first-order valence-electron chi connectivity index (χ1n) is 5.47. The molecule has 2 rings (SSSR count). The Morgan fingerprint density at radius 2 is 2.00 bits per heavy atom. The number of hydroxylamine groups is 2. The van der Waals surface area contributed by atoms with Crippen molar-refractivity contribution in [3.05, 3.63) is 42.0 Å². The van der Waals surface area contributed by atoms with Crippen molar-refractivity contribution in [1.29, 1.82) is 0 Å². The van der Waals surface area contributed by atoms with Gasteiger partial charge in [-0.05, 0) is 6.07 Å². The van der Waals surface area contributed by atoms with Gasteiger partial charge in [0.25, 0.3) is 11.8 Å². The SMILES string of the molecule is C=C1c2ccccc2C(=O)N1CC(=O)N(C)OC. The van der Waals surface area contributed by atoms with Gasteiger partial charge in [0.15, 0.2) is 0 Å². The fourth-order valence-electron chi connectivity index (χ4n) is 1.84. The van der Waals surface area contributed by atoms with Crippen LogP contribution in [-0.4, -0.2) is 42.5 Å². The molecule has 1 aromatic carbocycles. The molecule has 5 heteroatoms. The van der Waals surface area contributed by atoms with E-state index < -0.39 is 0 Å². The van der Waals surface area contributed by atoms with Gasteiger partial charge < -0.3 is 0 Å². The van der Waals surface area contributed by atoms with Crippen LogP contribution in [0.3, 0.4) is 0 Å². The molecule has 0 spiro atoms. The fourth-order valence-corrected chi connectivity index (χ4v) is 1.84. The zero-order valence-corrected chi connectivity index (χ0v) is 10.3. The molecular weight excluding hydrogens is 232 g/mol. The van der Waals surface area contributed by atoms with E-state index in [1.54, 1.807) is 12.1 Å². The van der Waals surface area contributed by atoms with Crippen molar-refractivity contribution < 1.29 is 14.4 Å². The molecule has 0 fully saturated rings. The maximum Gasteiger partial charge on any atom is 0.265 e. The van der Waals surface area contributed by atoms with Crippen LogP contribution in [0.15, 0.2) is 30.8 Å². The summed E-state index contributed by atoms with van der Waals surface area (Å²) in [6, 6.07) is 7.17. The Balaban J connectivity index is 2.22. The van der Waals surface area contributed by atoms with Gasteiger partial charge in [0.05, 0.1) is 7.11 Å². The van der Waals surface area contributed by atoms with Crippen molar-refractivity contribution in [3.8, 4) is 0 Å². The minimum atomic E-state index is -0.306. The van der Waals surface area contributed by atoms with Gasteiger partial charge in [-0.25, -0.2) is 5.06 Å². The van der Waals surface area contributed by atoms with Crippen molar-refractivity contribution in [2.24, 2.45) is 0 Å². The number of amides is 2. The number of carbonyl (C=O) groups is 2. The Kier molecular flexibility index (Phi) is 3.16. The molecule has 94 valence electrons. The lowest BCUT2D eigenvalue weighted by molar-refractivity contribution is -0.168. The zero-order chi connectivity index (χ0) is 13.3. The number of likely N-dealkylation sites (N-methyl/N-ethyl adjacent to an activating group) is 1. The topological polar surface area (TPSA) is 49.9 Å². The lowest BCUT2D eigenvalue weighted by Crippen LogP contribution is -2.37. The second-order valence-corrected chi connectivity index (χ2v) is 3.96. The van der Waals surface area contributed by atoms with E-state index in [1.807, 2.05) is 12.1 Å². The molecule has 2 amide bonds. The first kappa shape index (κ1) is 12.3. The maximum atomic E-state index is 12.1. The molecule has 0 unspecified atom stereocenters. The van der Waals surface area contributed by atoms with Crippen LogP contribution in [0.25, 0.3) is 5.70 Å². The van der Waals surface area contributed by atoms with Crippen LogP contribution in [0.5, 0.6) is 0 Å². The van der Waals surface area contributed by atoms with Crippen LogP contribution in [0.1, 0.15) is 15.9 Å². The van der Waals surface area contributed by atoms with E-state index in [0.717, 1.165) is 10.6 Å². The number of benzene rings is 1. The molecule has 0 aromatic heterocycles. The summed E-state index contributed by atoms with van der Waals surface area (Å²) >= 11 is 0. The molecule has 0 atom stereocenters. The van der Waals surface area contributed by atoms with E-state index in [2.05, 4.69) is 6.58 Å². The molecule has 0 saturated carbocycles. The number of rotatable bonds is 3. The molecule has 1 heterocycles. The van der Waals surface area contributed by atoms with Gasteiger partial charge in [0, 0.05) is 23.9 Å². The number of fused-ring (bicyclic) bond motifs is 1. The van der Waals surface area contributed by atoms with Crippen molar-refractivity contribution in [2.75, 3.05) is 20.7 Å². The molecule has 0 radical (unpaired) electrons. The van der Waals surface area contributed by atoms with Gasteiger partial charge in [0.2, 0.25) is 0 Å². The van der Waals surface area contributed by atoms with Crippen LogP contribution in [0, 0.1) is 0 Å².